The molecule has 6 heteroatoms. The second-order valence-corrected chi connectivity index (χ2v) is 4.14. The van der Waals surface area contributed by atoms with Crippen molar-refractivity contribution in [1.29, 1.82) is 0 Å². The summed E-state index contributed by atoms with van der Waals surface area (Å²) in [5.74, 6) is 0.715. The van der Waals surface area contributed by atoms with E-state index in [9.17, 15) is 0 Å². The molecule has 0 aliphatic rings. The van der Waals surface area contributed by atoms with E-state index in [1.807, 2.05) is 20.2 Å². The van der Waals surface area contributed by atoms with Crippen molar-refractivity contribution in [2.45, 2.75) is 27.7 Å². The minimum absolute atomic E-state index is 0.715. The van der Waals surface area contributed by atoms with Crippen LogP contribution >= 0.6 is 0 Å². The zero-order chi connectivity index (χ0) is 13.1. The molecule has 0 spiro atoms. The van der Waals surface area contributed by atoms with Gasteiger partial charge in [0.2, 0.25) is 0 Å². The zero-order valence-electron chi connectivity index (χ0n) is 11.3. The average molecular weight is 246 g/mol. The monoisotopic (exact) mass is 246 g/mol. The van der Waals surface area contributed by atoms with Gasteiger partial charge in [-0.15, -0.1) is 15.3 Å². The van der Waals surface area contributed by atoms with Gasteiger partial charge in [-0.3, -0.25) is 0 Å². The normalized spacial score (nSPS) is 11.6. The maximum Gasteiger partial charge on any atom is 0.180 e. The maximum atomic E-state index is 4.45. The quantitative estimate of drug-likeness (QED) is 0.609. The number of hydrogen-bond acceptors (Lipinski definition) is 4. The van der Waals surface area contributed by atoms with E-state index in [0.29, 0.717) is 5.82 Å². The van der Waals surface area contributed by atoms with Crippen LogP contribution in [0.25, 0.3) is 5.65 Å². The lowest BCUT2D eigenvalue weighted by atomic mass is 10.2. The Morgan fingerprint density at radius 3 is 2.67 bits per heavy atom. The van der Waals surface area contributed by atoms with Crippen LogP contribution in [0.15, 0.2) is 11.3 Å². The SMILES string of the molecule is CCN(C=Nc1nn2cnnc2c(C)c1C)CC. The molecular weight excluding hydrogens is 228 g/mol. The van der Waals surface area contributed by atoms with Gasteiger partial charge in [-0.1, -0.05) is 0 Å². The molecule has 2 rings (SSSR count). The van der Waals surface area contributed by atoms with Crippen LogP contribution in [0.5, 0.6) is 0 Å². The van der Waals surface area contributed by atoms with Crippen molar-refractivity contribution in [1.82, 2.24) is 24.7 Å². The number of rotatable bonds is 4. The van der Waals surface area contributed by atoms with Crippen molar-refractivity contribution in [3.05, 3.63) is 17.5 Å². The highest BCUT2D eigenvalue weighted by Crippen LogP contribution is 2.20. The second kappa shape index (κ2) is 5.12. The summed E-state index contributed by atoms with van der Waals surface area (Å²) < 4.78 is 1.66. The summed E-state index contributed by atoms with van der Waals surface area (Å²) in [4.78, 5) is 6.57. The van der Waals surface area contributed by atoms with Crippen LogP contribution in [0, 0.1) is 13.8 Å². The Morgan fingerprint density at radius 1 is 1.28 bits per heavy atom. The molecule has 18 heavy (non-hydrogen) atoms. The third kappa shape index (κ3) is 2.18. The lowest BCUT2D eigenvalue weighted by Crippen LogP contribution is -2.20. The Balaban J connectivity index is 2.41. The first kappa shape index (κ1) is 12.5. The molecule has 0 saturated carbocycles. The van der Waals surface area contributed by atoms with Crippen molar-refractivity contribution >= 4 is 17.8 Å². The van der Waals surface area contributed by atoms with Crippen molar-refractivity contribution in [3.63, 3.8) is 0 Å². The van der Waals surface area contributed by atoms with Gasteiger partial charge in [0.15, 0.2) is 11.5 Å². The van der Waals surface area contributed by atoms with Crippen LogP contribution in [0.3, 0.4) is 0 Å². The Morgan fingerprint density at radius 2 is 2.00 bits per heavy atom. The molecule has 0 aliphatic heterocycles. The summed E-state index contributed by atoms with van der Waals surface area (Å²) in [5, 5.41) is 12.3. The zero-order valence-corrected chi connectivity index (χ0v) is 11.3. The fourth-order valence-electron chi connectivity index (χ4n) is 1.71. The van der Waals surface area contributed by atoms with E-state index in [2.05, 4.69) is 39.0 Å². The average Bonchev–Trinajstić information content (AvgIpc) is 2.84. The molecule has 2 heterocycles. The van der Waals surface area contributed by atoms with Crippen LogP contribution in [0.2, 0.25) is 0 Å². The molecule has 0 aromatic carbocycles. The van der Waals surface area contributed by atoms with E-state index in [1.54, 1.807) is 10.8 Å². The van der Waals surface area contributed by atoms with Crippen molar-refractivity contribution in [2.24, 2.45) is 4.99 Å². The molecule has 2 aromatic rings. The minimum atomic E-state index is 0.715. The van der Waals surface area contributed by atoms with E-state index in [0.717, 1.165) is 29.9 Å². The lowest BCUT2D eigenvalue weighted by Gasteiger charge is -2.13. The van der Waals surface area contributed by atoms with Gasteiger partial charge in [-0.05, 0) is 27.7 Å². The van der Waals surface area contributed by atoms with Crippen LogP contribution in [0.1, 0.15) is 25.0 Å². The number of aliphatic imine (C=N–C) groups is 1. The highest BCUT2D eigenvalue weighted by molar-refractivity contribution is 5.63. The number of hydrogen-bond donors (Lipinski definition) is 0. The van der Waals surface area contributed by atoms with Gasteiger partial charge in [0.05, 0.1) is 6.34 Å². The molecule has 0 N–H and O–H groups in total. The van der Waals surface area contributed by atoms with Gasteiger partial charge >= 0.3 is 0 Å². The van der Waals surface area contributed by atoms with Crippen LogP contribution in [0.4, 0.5) is 5.82 Å². The standard InChI is InChI=1S/C12H18N6/c1-5-17(6-2)7-13-11-9(3)10(4)12-15-14-8-18(12)16-11/h7-8H,5-6H2,1-4H3. The van der Waals surface area contributed by atoms with Crippen LogP contribution in [-0.4, -0.2) is 44.1 Å². The molecule has 0 atom stereocenters. The van der Waals surface area contributed by atoms with Gasteiger partial charge < -0.3 is 4.90 Å². The molecule has 6 nitrogen and oxygen atoms in total. The summed E-state index contributed by atoms with van der Waals surface area (Å²) in [6.07, 6.45) is 3.43. The first-order valence-corrected chi connectivity index (χ1v) is 6.12. The Labute approximate surface area is 106 Å². The van der Waals surface area contributed by atoms with E-state index in [1.165, 1.54) is 0 Å². The number of aromatic nitrogens is 4. The number of aryl methyl sites for hydroxylation is 1. The first-order chi connectivity index (χ1) is 8.67. The summed E-state index contributed by atoms with van der Waals surface area (Å²) in [7, 11) is 0. The van der Waals surface area contributed by atoms with Gasteiger partial charge in [0.1, 0.15) is 6.33 Å². The summed E-state index contributed by atoms with van der Waals surface area (Å²) in [6.45, 7) is 10.1. The molecule has 0 bridgehead atoms. The molecule has 0 unspecified atom stereocenters. The second-order valence-electron chi connectivity index (χ2n) is 4.14. The van der Waals surface area contributed by atoms with Gasteiger partial charge in [-0.2, -0.15) is 4.52 Å². The molecule has 0 fully saturated rings. The highest BCUT2D eigenvalue weighted by Gasteiger charge is 2.09. The van der Waals surface area contributed by atoms with Crippen molar-refractivity contribution in [2.75, 3.05) is 13.1 Å². The third-order valence-electron chi connectivity index (χ3n) is 3.12. The van der Waals surface area contributed by atoms with Crippen LogP contribution < -0.4 is 0 Å². The summed E-state index contributed by atoms with van der Waals surface area (Å²) >= 11 is 0. The molecule has 2 aromatic heterocycles. The lowest BCUT2D eigenvalue weighted by molar-refractivity contribution is 0.479. The predicted octanol–water partition coefficient (Wildman–Crippen LogP) is 1.74. The minimum Gasteiger partial charge on any atom is -0.363 e. The number of nitrogens with zero attached hydrogens (tertiary/aromatic N) is 6. The molecule has 0 radical (unpaired) electrons. The van der Waals surface area contributed by atoms with Crippen LogP contribution in [-0.2, 0) is 0 Å². The smallest absolute Gasteiger partial charge is 0.180 e. The predicted molar refractivity (Wildman–Crippen MR) is 71.3 cm³/mol. The molecule has 96 valence electrons. The molecule has 0 saturated heterocycles. The van der Waals surface area contributed by atoms with Gasteiger partial charge in [0, 0.05) is 24.2 Å². The highest BCUT2D eigenvalue weighted by atomic mass is 15.4. The summed E-state index contributed by atoms with van der Waals surface area (Å²) in [6, 6.07) is 0. The molecule has 0 aliphatic carbocycles. The Hall–Kier alpha value is -1.98. The largest absolute Gasteiger partial charge is 0.363 e. The fraction of sp³-hybridized carbons (Fsp3) is 0.500. The fourth-order valence-corrected chi connectivity index (χ4v) is 1.71. The van der Waals surface area contributed by atoms with E-state index >= 15 is 0 Å². The number of fused-ring (bicyclic) bond motifs is 1. The molecule has 0 amide bonds. The van der Waals surface area contributed by atoms with Crippen molar-refractivity contribution in [3.8, 4) is 0 Å². The summed E-state index contributed by atoms with van der Waals surface area (Å²) in [5.41, 5.74) is 2.89. The maximum absolute atomic E-state index is 4.45. The van der Waals surface area contributed by atoms with E-state index in [-0.39, 0.29) is 0 Å². The topological polar surface area (TPSA) is 58.7 Å². The first-order valence-electron chi connectivity index (χ1n) is 6.12. The van der Waals surface area contributed by atoms with E-state index < -0.39 is 0 Å². The third-order valence-corrected chi connectivity index (χ3v) is 3.12. The Kier molecular flexibility index (Phi) is 3.55. The molecular formula is C12H18N6. The van der Waals surface area contributed by atoms with E-state index in [4.69, 9.17) is 0 Å². The van der Waals surface area contributed by atoms with Crippen molar-refractivity contribution < 1.29 is 0 Å². The van der Waals surface area contributed by atoms with Gasteiger partial charge in [-0.25, -0.2) is 4.99 Å². The van der Waals surface area contributed by atoms with Gasteiger partial charge in [0.25, 0.3) is 0 Å². The Bertz CT molecular complexity index is 567.